The summed E-state index contributed by atoms with van der Waals surface area (Å²) in [5.41, 5.74) is 3.37. The normalized spacial score (nSPS) is 30.9. The highest BCUT2D eigenvalue weighted by molar-refractivity contribution is 8.02. The molecule has 3 heterocycles. The largest absolute Gasteiger partial charge is 0.395 e. The Bertz CT molecular complexity index is 1170. The highest BCUT2D eigenvalue weighted by Gasteiger charge is 2.75. The van der Waals surface area contributed by atoms with Crippen molar-refractivity contribution in [3.8, 4) is 0 Å². The maximum absolute atomic E-state index is 13.8. The summed E-state index contributed by atoms with van der Waals surface area (Å²) in [6.45, 7) is 5.80. The second-order valence-corrected chi connectivity index (χ2v) is 11.5. The van der Waals surface area contributed by atoms with E-state index in [2.05, 4.69) is 17.6 Å². The number of β-amino-alcohol motifs (C(OH)–C–C–N with tert-alkyl or cyclic N) is 1. The third-order valence-corrected chi connectivity index (χ3v) is 9.91. The van der Waals surface area contributed by atoms with E-state index in [1.165, 1.54) is 4.90 Å². The first-order valence-corrected chi connectivity index (χ1v) is 13.0. The molecule has 6 atom stereocenters. The predicted octanol–water partition coefficient (Wildman–Crippen LogP) is 3.21. The SMILES string of the molecule is Cc1ccc(C)c(NC(=O)C2N(CCO)C(=O)[C@@H]3[C@H](C(=O)Nc4ccccc4)[C@@H]4CC(C)C23S4)c1. The van der Waals surface area contributed by atoms with Crippen LogP contribution in [0.5, 0.6) is 0 Å². The molecule has 3 aliphatic rings. The first-order valence-electron chi connectivity index (χ1n) is 12.1. The maximum atomic E-state index is 13.8. The number of hydrogen-bond donors (Lipinski definition) is 3. The van der Waals surface area contributed by atoms with E-state index < -0.39 is 22.6 Å². The van der Waals surface area contributed by atoms with Crippen LogP contribution in [0.25, 0.3) is 0 Å². The predicted molar refractivity (Wildman–Crippen MR) is 137 cm³/mol. The van der Waals surface area contributed by atoms with Gasteiger partial charge < -0.3 is 20.6 Å². The zero-order valence-electron chi connectivity index (χ0n) is 20.2. The number of nitrogens with zero attached hydrogens (tertiary/aromatic N) is 1. The topological polar surface area (TPSA) is 98.7 Å². The van der Waals surface area contributed by atoms with E-state index in [0.717, 1.165) is 23.2 Å². The molecule has 0 aliphatic carbocycles. The van der Waals surface area contributed by atoms with Gasteiger partial charge in [-0.25, -0.2) is 0 Å². The Balaban J connectivity index is 1.50. The molecule has 3 amide bonds. The molecule has 2 bridgehead atoms. The van der Waals surface area contributed by atoms with E-state index in [1.54, 1.807) is 11.8 Å². The van der Waals surface area contributed by atoms with Crippen molar-refractivity contribution in [1.29, 1.82) is 0 Å². The smallest absolute Gasteiger partial charge is 0.248 e. The Labute approximate surface area is 209 Å². The minimum atomic E-state index is -0.758. The van der Waals surface area contributed by atoms with Gasteiger partial charge in [-0.1, -0.05) is 37.3 Å². The summed E-state index contributed by atoms with van der Waals surface area (Å²) in [5.74, 6) is -1.71. The molecule has 3 saturated heterocycles. The Morgan fingerprint density at radius 1 is 1.11 bits per heavy atom. The third kappa shape index (κ3) is 3.74. The number of amides is 3. The summed E-state index contributed by atoms with van der Waals surface area (Å²) in [4.78, 5) is 42.6. The molecule has 1 spiro atoms. The van der Waals surface area contributed by atoms with Crippen LogP contribution in [0.4, 0.5) is 11.4 Å². The molecule has 5 rings (SSSR count). The van der Waals surface area contributed by atoms with Gasteiger partial charge >= 0.3 is 0 Å². The molecule has 8 heteroatoms. The third-order valence-electron chi connectivity index (χ3n) is 7.83. The number of aliphatic hydroxyl groups excluding tert-OH is 1. The summed E-state index contributed by atoms with van der Waals surface area (Å²) in [5, 5.41) is 15.8. The van der Waals surface area contributed by atoms with E-state index in [4.69, 9.17) is 0 Å². The molecule has 7 nitrogen and oxygen atoms in total. The quantitative estimate of drug-likeness (QED) is 0.574. The van der Waals surface area contributed by atoms with Gasteiger partial charge in [0.25, 0.3) is 0 Å². The molecule has 0 radical (unpaired) electrons. The van der Waals surface area contributed by atoms with Crippen LogP contribution in [0.2, 0.25) is 0 Å². The lowest BCUT2D eigenvalue weighted by Gasteiger charge is -2.38. The second-order valence-electron chi connectivity index (χ2n) is 9.97. The molecular weight excluding hydrogens is 462 g/mol. The first kappa shape index (κ1) is 23.9. The number of hydrogen-bond acceptors (Lipinski definition) is 5. The van der Waals surface area contributed by atoms with Crippen LogP contribution in [0.1, 0.15) is 24.5 Å². The van der Waals surface area contributed by atoms with Crippen LogP contribution in [0.3, 0.4) is 0 Å². The van der Waals surface area contributed by atoms with Crippen molar-refractivity contribution in [1.82, 2.24) is 4.90 Å². The Hall–Kier alpha value is -2.84. The minimum Gasteiger partial charge on any atom is -0.395 e. The van der Waals surface area contributed by atoms with Gasteiger partial charge in [-0.3, -0.25) is 14.4 Å². The fraction of sp³-hybridized carbons (Fsp3) is 0.444. The molecule has 3 unspecified atom stereocenters. The van der Waals surface area contributed by atoms with Crippen molar-refractivity contribution in [2.75, 3.05) is 23.8 Å². The average Bonchev–Trinajstić information content (AvgIpc) is 3.41. The monoisotopic (exact) mass is 493 g/mol. The maximum Gasteiger partial charge on any atom is 0.248 e. The molecule has 0 aromatic heterocycles. The fourth-order valence-corrected chi connectivity index (χ4v) is 8.71. The number of benzene rings is 2. The van der Waals surface area contributed by atoms with Crippen LogP contribution in [0, 0.1) is 31.6 Å². The number of thioether (sulfide) groups is 1. The summed E-state index contributed by atoms with van der Waals surface area (Å²) in [6.07, 6.45) is 0.765. The number of fused-ring (bicyclic) bond motifs is 1. The number of anilines is 2. The Kier molecular flexibility index (Phi) is 6.13. The van der Waals surface area contributed by atoms with Gasteiger partial charge in [0.15, 0.2) is 0 Å². The molecular formula is C27H31N3O4S. The number of likely N-dealkylation sites (tertiary alicyclic amines) is 1. The van der Waals surface area contributed by atoms with Gasteiger partial charge in [-0.2, -0.15) is 0 Å². The number of para-hydroxylation sites is 1. The van der Waals surface area contributed by atoms with Crippen LogP contribution >= 0.6 is 11.8 Å². The van der Waals surface area contributed by atoms with Crippen molar-refractivity contribution in [3.63, 3.8) is 0 Å². The molecule has 0 saturated carbocycles. The van der Waals surface area contributed by atoms with Crippen molar-refractivity contribution in [2.45, 2.75) is 43.2 Å². The van der Waals surface area contributed by atoms with E-state index in [1.807, 2.05) is 62.4 Å². The molecule has 184 valence electrons. The summed E-state index contributed by atoms with van der Waals surface area (Å²) < 4.78 is -0.711. The lowest BCUT2D eigenvalue weighted by Crippen LogP contribution is -2.55. The number of rotatable bonds is 6. The molecule has 3 N–H and O–H groups in total. The number of carbonyl (C=O) groups is 3. The lowest BCUT2D eigenvalue weighted by atomic mass is 9.66. The van der Waals surface area contributed by atoms with Gasteiger partial charge in [0, 0.05) is 23.2 Å². The number of aliphatic hydroxyl groups is 1. The van der Waals surface area contributed by atoms with Crippen molar-refractivity contribution in [3.05, 3.63) is 59.7 Å². The van der Waals surface area contributed by atoms with Crippen molar-refractivity contribution < 1.29 is 19.5 Å². The number of aryl methyl sites for hydroxylation is 2. The van der Waals surface area contributed by atoms with Gasteiger partial charge in [0.2, 0.25) is 17.7 Å². The minimum absolute atomic E-state index is 0.0325. The van der Waals surface area contributed by atoms with Crippen LogP contribution in [0.15, 0.2) is 48.5 Å². The Morgan fingerprint density at radius 3 is 2.57 bits per heavy atom. The molecule has 3 aliphatic heterocycles. The molecule has 2 aromatic carbocycles. The number of carbonyl (C=O) groups excluding carboxylic acids is 3. The average molecular weight is 494 g/mol. The summed E-state index contributed by atoms with van der Waals surface area (Å²) in [6, 6.07) is 14.4. The van der Waals surface area contributed by atoms with E-state index in [9.17, 15) is 19.5 Å². The van der Waals surface area contributed by atoms with Gasteiger partial charge in [0.1, 0.15) is 6.04 Å². The highest BCUT2D eigenvalue weighted by atomic mass is 32.2. The molecule has 2 aromatic rings. The second kappa shape index (κ2) is 8.99. The van der Waals surface area contributed by atoms with Gasteiger partial charge in [-0.15, -0.1) is 11.8 Å². The van der Waals surface area contributed by atoms with Gasteiger partial charge in [0.05, 0.1) is 23.2 Å². The first-order chi connectivity index (χ1) is 16.8. The zero-order valence-corrected chi connectivity index (χ0v) is 21.0. The van der Waals surface area contributed by atoms with E-state index in [0.29, 0.717) is 5.69 Å². The zero-order chi connectivity index (χ0) is 24.9. The van der Waals surface area contributed by atoms with Crippen molar-refractivity contribution >= 4 is 40.9 Å². The van der Waals surface area contributed by atoms with Crippen LogP contribution in [-0.4, -0.2) is 56.9 Å². The van der Waals surface area contributed by atoms with Crippen molar-refractivity contribution in [2.24, 2.45) is 17.8 Å². The Morgan fingerprint density at radius 2 is 1.86 bits per heavy atom. The molecule has 3 fully saturated rings. The van der Waals surface area contributed by atoms with Gasteiger partial charge in [-0.05, 0) is 55.5 Å². The van der Waals surface area contributed by atoms with E-state index >= 15 is 0 Å². The number of nitrogens with one attached hydrogen (secondary N) is 2. The standard InChI is InChI=1S/C27H31N3O4S/c1-15-9-10-16(2)19(13-15)29-25(33)23-27-17(3)14-20(35-27)21(22(27)26(34)30(23)11-12-31)24(32)28-18-7-5-4-6-8-18/h4-10,13,17,20-23,31H,11-12,14H2,1-3H3,(H,28,32)(H,29,33)/t17?,20-,21+,22-,23?,27?/m0/s1. The highest BCUT2D eigenvalue weighted by Crippen LogP contribution is 2.68. The summed E-state index contributed by atoms with van der Waals surface area (Å²) in [7, 11) is 0. The fourth-order valence-electron chi connectivity index (χ4n) is 6.29. The van der Waals surface area contributed by atoms with Crippen LogP contribution in [-0.2, 0) is 14.4 Å². The molecule has 35 heavy (non-hydrogen) atoms. The van der Waals surface area contributed by atoms with E-state index in [-0.39, 0.29) is 42.0 Å². The van der Waals surface area contributed by atoms with Crippen LogP contribution < -0.4 is 10.6 Å². The lowest BCUT2D eigenvalue weighted by molar-refractivity contribution is -0.138. The summed E-state index contributed by atoms with van der Waals surface area (Å²) >= 11 is 1.63.